The number of hydrazine groups is 1. The Hall–Kier alpha value is -1.86. The number of nitrogens with zero attached hydrogens (tertiary/aromatic N) is 4. The lowest BCUT2D eigenvalue weighted by atomic mass is 9.96. The van der Waals surface area contributed by atoms with Gasteiger partial charge >= 0.3 is 0 Å². The van der Waals surface area contributed by atoms with Gasteiger partial charge in [0.15, 0.2) is 5.82 Å². The number of aryl methyl sites for hydroxylation is 1. The minimum absolute atomic E-state index is 0.644. The molecule has 0 atom stereocenters. The number of benzene rings is 1. The van der Waals surface area contributed by atoms with Gasteiger partial charge in [-0.2, -0.15) is 5.10 Å². The lowest BCUT2D eigenvalue weighted by molar-refractivity contribution is 0.377. The predicted octanol–water partition coefficient (Wildman–Crippen LogP) is 6.17. The number of hydrogen-bond donors (Lipinski definition) is 2. The van der Waals surface area contributed by atoms with Crippen LogP contribution >= 0.6 is 23.2 Å². The molecule has 0 bridgehead atoms. The van der Waals surface area contributed by atoms with Crippen molar-refractivity contribution in [2.24, 2.45) is 4.99 Å². The highest BCUT2D eigenvalue weighted by Crippen LogP contribution is 2.44. The highest BCUT2D eigenvalue weighted by atomic mass is 35.5. The summed E-state index contributed by atoms with van der Waals surface area (Å²) in [6, 6.07) is 4.73. The molecule has 2 aromatic rings. The first-order chi connectivity index (χ1) is 16.5. The third-order valence-electron chi connectivity index (χ3n) is 7.13. The highest BCUT2D eigenvalue weighted by Gasteiger charge is 2.28. The van der Waals surface area contributed by atoms with E-state index in [2.05, 4.69) is 16.8 Å². The fourth-order valence-electron chi connectivity index (χ4n) is 5.42. The number of aromatic nitrogens is 2. The molecule has 0 unspecified atom stereocenters. The van der Waals surface area contributed by atoms with Gasteiger partial charge in [0.1, 0.15) is 5.84 Å². The quantitative estimate of drug-likeness (QED) is 0.465. The van der Waals surface area contributed by atoms with Crippen LogP contribution in [0.4, 0.5) is 5.82 Å². The molecular weight excluding hydrogens is 467 g/mol. The summed E-state index contributed by atoms with van der Waals surface area (Å²) in [5.41, 5.74) is 8.54. The van der Waals surface area contributed by atoms with Gasteiger partial charge in [0.05, 0.1) is 34.4 Å². The average Bonchev–Trinajstić information content (AvgIpc) is 3.46. The smallest absolute Gasteiger partial charge is 0.153 e. The summed E-state index contributed by atoms with van der Waals surface area (Å²) in [5.74, 6) is 1.79. The van der Waals surface area contributed by atoms with Crippen LogP contribution in [0.1, 0.15) is 62.6 Å². The van der Waals surface area contributed by atoms with Crippen LogP contribution in [0.25, 0.3) is 16.7 Å². The molecule has 6 nitrogen and oxygen atoms in total. The molecule has 3 aliphatic rings. The molecule has 1 aliphatic heterocycles. The lowest BCUT2D eigenvalue weighted by Gasteiger charge is -2.28. The average molecular weight is 502 g/mol. The highest BCUT2D eigenvalue weighted by molar-refractivity contribution is 6.39. The van der Waals surface area contributed by atoms with E-state index in [0.717, 1.165) is 60.0 Å². The Balaban J connectivity index is 1.41. The number of allylic oxidation sites excluding steroid dienone is 2. The summed E-state index contributed by atoms with van der Waals surface area (Å²) in [6.07, 6.45) is 12.3. The molecule has 0 radical (unpaired) electrons. The van der Waals surface area contributed by atoms with Gasteiger partial charge in [0.2, 0.25) is 0 Å². The molecule has 1 aromatic carbocycles. The molecule has 1 aromatic heterocycles. The van der Waals surface area contributed by atoms with E-state index in [4.69, 9.17) is 33.3 Å². The van der Waals surface area contributed by atoms with E-state index in [0.29, 0.717) is 22.6 Å². The van der Waals surface area contributed by atoms with Crippen LogP contribution in [0, 0.1) is 6.92 Å². The van der Waals surface area contributed by atoms with Gasteiger partial charge < -0.3 is 10.7 Å². The second-order valence-electron chi connectivity index (χ2n) is 9.71. The number of rotatable bonds is 6. The number of likely N-dealkylation sites (N-methyl/N-ethyl adjacent to an activating group) is 1. The van der Waals surface area contributed by atoms with E-state index < -0.39 is 0 Å². The van der Waals surface area contributed by atoms with E-state index in [-0.39, 0.29) is 0 Å². The number of fused-ring (bicyclic) bond motifs is 1. The largest absolute Gasteiger partial charge is 0.312 e. The van der Waals surface area contributed by atoms with E-state index in [1.807, 2.05) is 35.8 Å². The number of halogens is 2. The van der Waals surface area contributed by atoms with Crippen molar-refractivity contribution in [1.82, 2.24) is 20.1 Å². The number of hydrogen-bond acceptors (Lipinski definition) is 5. The minimum Gasteiger partial charge on any atom is -0.312 e. The number of anilines is 1. The molecule has 1 saturated carbocycles. The maximum absolute atomic E-state index is 6.84. The molecule has 182 valence electrons. The van der Waals surface area contributed by atoms with Crippen LogP contribution in [-0.2, 0) is 0 Å². The second-order valence-corrected chi connectivity index (χ2v) is 10.5. The van der Waals surface area contributed by atoms with Crippen LogP contribution in [-0.4, -0.2) is 53.3 Å². The standard InChI is InChI=1S/C26H34Cl2N6/c1-17-24(25-21(27)14-19(15-22(25)28)18-8-6-7-9-18)26-32-33(2)16-23(34(26)31-17)30-13-12-29-20-10-4-3-5-11-20/h8,14-15,20,29,32H,3-7,9-13,16H2,1-2H3. The minimum atomic E-state index is 0.644. The fraction of sp³-hybridized carbons (Fsp3) is 0.538. The summed E-state index contributed by atoms with van der Waals surface area (Å²) in [5, 5.41) is 11.9. The van der Waals surface area contributed by atoms with Gasteiger partial charge in [0, 0.05) is 25.2 Å². The number of aliphatic imine (C=N–C) groups is 1. The van der Waals surface area contributed by atoms with Gasteiger partial charge in [-0.15, -0.1) is 0 Å². The van der Waals surface area contributed by atoms with Gasteiger partial charge in [0.25, 0.3) is 0 Å². The molecule has 0 amide bonds. The summed E-state index contributed by atoms with van der Waals surface area (Å²) in [4.78, 5) is 4.92. The third-order valence-corrected chi connectivity index (χ3v) is 7.72. The van der Waals surface area contributed by atoms with E-state index in [9.17, 15) is 0 Å². The van der Waals surface area contributed by atoms with Crippen molar-refractivity contribution < 1.29 is 0 Å². The van der Waals surface area contributed by atoms with Crippen molar-refractivity contribution in [2.45, 2.75) is 64.3 Å². The maximum atomic E-state index is 6.84. The van der Waals surface area contributed by atoms with Crippen LogP contribution in [0.5, 0.6) is 0 Å². The van der Waals surface area contributed by atoms with Crippen molar-refractivity contribution in [2.75, 3.05) is 32.1 Å². The Labute approximate surface area is 212 Å². The molecule has 34 heavy (non-hydrogen) atoms. The van der Waals surface area contributed by atoms with Crippen molar-refractivity contribution in [3.05, 3.63) is 39.5 Å². The Kier molecular flexibility index (Phi) is 7.30. The second kappa shape index (κ2) is 10.4. The normalized spacial score (nSPS) is 20.5. The zero-order chi connectivity index (χ0) is 23.7. The van der Waals surface area contributed by atoms with E-state index >= 15 is 0 Å². The first-order valence-corrected chi connectivity index (χ1v) is 13.3. The van der Waals surface area contributed by atoms with Gasteiger partial charge in [-0.1, -0.05) is 48.5 Å². The van der Waals surface area contributed by atoms with Crippen LogP contribution in [0.15, 0.2) is 23.2 Å². The van der Waals surface area contributed by atoms with E-state index in [1.165, 1.54) is 44.1 Å². The fourth-order valence-corrected chi connectivity index (χ4v) is 6.10. The molecular formula is C26H34Cl2N6. The first kappa shape index (κ1) is 23.9. The van der Waals surface area contributed by atoms with Gasteiger partial charge in [-0.3, -0.25) is 4.99 Å². The van der Waals surface area contributed by atoms with Crippen LogP contribution in [0.3, 0.4) is 0 Å². The Bertz CT molecular complexity index is 1090. The molecule has 0 saturated heterocycles. The number of nitrogens with one attached hydrogen (secondary N) is 2. The summed E-state index contributed by atoms with van der Waals surface area (Å²) >= 11 is 13.7. The van der Waals surface area contributed by atoms with Crippen molar-refractivity contribution in [3.63, 3.8) is 0 Å². The lowest BCUT2D eigenvalue weighted by Crippen LogP contribution is -2.41. The first-order valence-electron chi connectivity index (χ1n) is 12.5. The molecule has 1 fully saturated rings. The van der Waals surface area contributed by atoms with Gasteiger partial charge in [-0.25, -0.2) is 9.69 Å². The summed E-state index contributed by atoms with van der Waals surface area (Å²) in [6.45, 7) is 4.30. The Morgan fingerprint density at radius 3 is 2.59 bits per heavy atom. The zero-order valence-electron chi connectivity index (χ0n) is 20.1. The molecule has 2 heterocycles. The SMILES string of the molecule is Cc1nn2c(c1-c1c(Cl)cc(C3=CCCC3)cc1Cl)NN(C)CC2=NCCNC1CCCCC1. The molecule has 0 spiro atoms. The summed E-state index contributed by atoms with van der Waals surface area (Å²) < 4.78 is 1.92. The molecule has 8 heteroatoms. The predicted molar refractivity (Wildman–Crippen MR) is 143 cm³/mol. The Morgan fingerprint density at radius 2 is 1.88 bits per heavy atom. The van der Waals surface area contributed by atoms with Crippen molar-refractivity contribution >= 4 is 40.4 Å². The Morgan fingerprint density at radius 1 is 1.12 bits per heavy atom. The van der Waals surface area contributed by atoms with Gasteiger partial charge in [-0.05, 0) is 62.3 Å². The molecule has 2 aliphatic carbocycles. The topological polar surface area (TPSA) is 57.5 Å². The van der Waals surface area contributed by atoms with Crippen LogP contribution < -0.4 is 10.7 Å². The maximum Gasteiger partial charge on any atom is 0.153 e. The molecule has 5 rings (SSSR count). The third kappa shape index (κ3) is 4.92. The van der Waals surface area contributed by atoms with Crippen molar-refractivity contribution in [1.29, 1.82) is 0 Å². The molecule has 2 N–H and O–H groups in total. The monoisotopic (exact) mass is 500 g/mol. The zero-order valence-corrected chi connectivity index (χ0v) is 21.6. The van der Waals surface area contributed by atoms with E-state index in [1.54, 1.807) is 0 Å². The summed E-state index contributed by atoms with van der Waals surface area (Å²) in [7, 11) is 2.02. The van der Waals surface area contributed by atoms with Crippen LogP contribution in [0.2, 0.25) is 10.0 Å². The van der Waals surface area contributed by atoms with Crippen molar-refractivity contribution in [3.8, 4) is 11.1 Å².